The highest BCUT2D eigenvalue weighted by atomic mass is 32.2. The molecule has 0 aliphatic carbocycles. The van der Waals surface area contributed by atoms with E-state index in [4.69, 9.17) is 11.5 Å². The van der Waals surface area contributed by atoms with Crippen LogP contribution >= 0.6 is 23.5 Å². The van der Waals surface area contributed by atoms with Crippen LogP contribution in [0.1, 0.15) is 89.9 Å². The number of aliphatic carboxylic acids is 2. The van der Waals surface area contributed by atoms with Gasteiger partial charge in [-0.25, -0.2) is 29.9 Å². The molecule has 49 nitrogen and oxygen atoms in total. The van der Waals surface area contributed by atoms with Gasteiger partial charge in [-0.05, 0) is 85.1 Å². The largest absolute Gasteiger partial charge is 0.508 e. The number of nitrogens with one attached hydrogen (secondary N) is 21. The number of phenolic OH excluding ortho intramolecular Hbond substituents is 1. The number of carboxylic acid groups (broad SMARTS) is 2. The molecule has 7 aromatic heterocycles. The maximum Gasteiger partial charge on any atom is 0.305 e. The number of nitrogens with two attached hydrogens (primary N) is 2. The average molecular weight is 1970 g/mol. The summed E-state index contributed by atoms with van der Waals surface area (Å²) >= 11 is 2.74. The SMILES string of the molecule is CSCC[C@H](NC(=O)[C@H](Cc1c[nH]c2ccccc12)NC(=O)CNC(=O)[C@H](Cc1ccc(O)cc1)NC(=O)[C@H](C)NC(=O)[C@H](CCC(=O)O)NC(=O)[C@H](Cc1c[nH]cn1)NC(=O)[C@H](Cc1c[nH]cn1)NC(=O)[C@H](Cc1c[nH]cn1)NC(=O)[C@H](Cc1c[nH]cn1)NC(=O)[C@H](Cc1c[nH]cn1)NC(=O)[C@H](Cc1c[nH]cn1)NC(=O)[C@@H](N)CCSC)C(=O)N[C@@H](CC(=O)O)C(=O)N[C@@H](Cc1ccccc1)C(N)=O. The Bertz CT molecular complexity index is 5800. The molecule has 0 saturated carbocycles. The molecule has 14 atom stereocenters. The molecule has 7 heterocycles. The fourth-order valence-electron chi connectivity index (χ4n) is 14.5. The summed E-state index contributed by atoms with van der Waals surface area (Å²) in [6.07, 6.45) is 16.7. The number of nitrogens with zero attached hydrogens (tertiary/aromatic N) is 6. The average Bonchev–Trinajstić information content (AvgIpc) is 1.68. The number of primary amides is 1. The number of aromatic amines is 7. The molecular weight excluding hydrogens is 1860 g/mol. The zero-order valence-electron chi connectivity index (χ0n) is 76.1. The number of carbonyl (C=O) groups excluding carboxylic acids is 15. The number of H-pyrrole nitrogens is 7. The lowest BCUT2D eigenvalue weighted by atomic mass is 10.0. The standard InChI is InChI=1S/C89H111N29O20S2/c1-47(77(126)111-64(24-49-13-15-57(119)16-14-49)79(128)99-40-73(120)107-65(25-50-33-98-60-12-8-7-11-58(50)60)82(131)109-62(20-22-140-3)81(130)118-72(32-75(123)124)89(138)110-63(76(91)125)23-48-9-5-4-6-10-48)106-80(129)61(17-18-74(121)122)108-83(132)67(27-52-35-93-42-101-52)113-85(134)69(29-54-37-95-44-103-54)115-87(136)71(31-56-39-97-46-105-56)117-88(137)70(30-55-38-96-45-104-55)116-86(135)68(28-53-36-94-43-102-53)114-84(133)66(26-51-34-92-41-100-51)112-78(127)59(90)19-21-139-2/h4-16,33-39,41-47,59,61-72,98,119H,17-32,40,90H2,1-3H3,(H2,91,125)(H,92,100)(H,93,101)(H,94,102)(H,95,103)(H,96,104)(H,97,105)(H,99,128)(H,106,129)(H,107,120)(H,108,132)(H,109,131)(H,110,138)(H,111,126)(H,112,127)(H,113,134)(H,114,133)(H,115,136)(H,116,135)(H,117,137)(H,118,130)(H,121,122)(H,123,124)/t47-,59-,61-,62-,63-,64-,65-,66-,67-,68-,69-,70-,71-,72-/m0/s1. The maximum absolute atomic E-state index is 15.2. The Kier molecular flexibility index (Phi) is 40.4. The Morgan fingerprint density at radius 3 is 1.11 bits per heavy atom. The monoisotopic (exact) mass is 1970 g/mol. The predicted octanol–water partition coefficient (Wildman–Crippen LogP) is -4.21. The van der Waals surface area contributed by atoms with Crippen LogP contribution in [-0.4, -0.2) is 296 Å². The Labute approximate surface area is 807 Å². The first kappa shape index (κ1) is 106. The van der Waals surface area contributed by atoms with Crippen molar-refractivity contribution in [1.82, 2.24) is 139 Å². The smallest absolute Gasteiger partial charge is 0.305 e. The molecule has 0 unspecified atom stereocenters. The molecule has 0 aliphatic rings. The van der Waals surface area contributed by atoms with Gasteiger partial charge in [0.1, 0.15) is 84.3 Å². The van der Waals surface area contributed by atoms with Crippen LogP contribution in [0.4, 0.5) is 0 Å². The number of benzene rings is 3. The minimum absolute atomic E-state index is 0.0817. The number of hydrogen-bond acceptors (Lipinski definition) is 27. The van der Waals surface area contributed by atoms with Gasteiger partial charge in [0.05, 0.1) is 91.1 Å². The molecule has 10 rings (SSSR count). The van der Waals surface area contributed by atoms with Gasteiger partial charge in [-0.3, -0.25) is 81.5 Å². The van der Waals surface area contributed by atoms with Gasteiger partial charge in [0.2, 0.25) is 88.6 Å². The first-order valence-corrected chi connectivity index (χ1v) is 46.9. The second-order valence-electron chi connectivity index (χ2n) is 32.6. The molecule has 0 saturated heterocycles. The number of hydrogen-bond donors (Lipinski definition) is 26. The normalized spacial score (nSPS) is 14.2. The van der Waals surface area contributed by atoms with Crippen LogP contribution in [0.15, 0.2) is 160 Å². The summed E-state index contributed by atoms with van der Waals surface area (Å²) < 4.78 is 0. The molecule has 51 heteroatoms. The van der Waals surface area contributed by atoms with E-state index in [0.717, 1.165) is 0 Å². The van der Waals surface area contributed by atoms with Crippen molar-refractivity contribution < 1.29 is 96.8 Å². The minimum atomic E-state index is -1.83. The Balaban J connectivity index is 0.830. The van der Waals surface area contributed by atoms with Crippen LogP contribution in [-0.2, 0) is 139 Å². The van der Waals surface area contributed by atoms with Crippen LogP contribution in [0.5, 0.6) is 5.75 Å². The number of fused-ring (bicyclic) bond motifs is 1. The number of imidazole rings is 6. The highest BCUT2D eigenvalue weighted by molar-refractivity contribution is 7.98. The number of aromatic nitrogens is 13. The highest BCUT2D eigenvalue weighted by Crippen LogP contribution is 2.22. The predicted molar refractivity (Wildman–Crippen MR) is 504 cm³/mol. The number of phenols is 1. The lowest BCUT2D eigenvalue weighted by Gasteiger charge is -2.28. The summed E-state index contributed by atoms with van der Waals surface area (Å²) in [5.74, 6) is -17.3. The van der Waals surface area contributed by atoms with Gasteiger partial charge in [0, 0.05) is 118 Å². The molecule has 10 aromatic rings. The molecule has 140 heavy (non-hydrogen) atoms. The van der Waals surface area contributed by atoms with Crippen molar-refractivity contribution in [1.29, 1.82) is 0 Å². The van der Waals surface area contributed by atoms with E-state index in [1.807, 2.05) is 6.26 Å². The fourth-order valence-corrected chi connectivity index (χ4v) is 15.5. The third kappa shape index (κ3) is 33.7. The zero-order chi connectivity index (χ0) is 101. The van der Waals surface area contributed by atoms with Crippen molar-refractivity contribution >= 4 is 135 Å². The first-order chi connectivity index (χ1) is 67.2. The summed E-state index contributed by atoms with van der Waals surface area (Å²) in [6.45, 7) is 0.292. The lowest BCUT2D eigenvalue weighted by molar-refractivity contribution is -0.141. The Morgan fingerprint density at radius 1 is 0.350 bits per heavy atom. The first-order valence-electron chi connectivity index (χ1n) is 44.2. The summed E-state index contributed by atoms with van der Waals surface area (Å²) in [7, 11) is 0. The van der Waals surface area contributed by atoms with E-state index in [2.05, 4.69) is 139 Å². The number of aromatic hydroxyl groups is 1. The summed E-state index contributed by atoms with van der Waals surface area (Å²) in [5.41, 5.74) is 15.4. The van der Waals surface area contributed by atoms with Crippen molar-refractivity contribution in [2.45, 2.75) is 181 Å². The van der Waals surface area contributed by atoms with Gasteiger partial charge >= 0.3 is 11.9 Å². The van der Waals surface area contributed by atoms with Crippen molar-refractivity contribution in [2.24, 2.45) is 11.5 Å². The number of para-hydroxylation sites is 1. The van der Waals surface area contributed by atoms with Crippen LogP contribution in [0.25, 0.3) is 10.9 Å². The Morgan fingerprint density at radius 2 is 0.693 bits per heavy atom. The molecule has 0 spiro atoms. The zero-order valence-corrected chi connectivity index (χ0v) is 77.7. The second kappa shape index (κ2) is 53.4. The van der Waals surface area contributed by atoms with Crippen molar-refractivity contribution in [2.75, 3.05) is 30.6 Å². The highest BCUT2D eigenvalue weighted by Gasteiger charge is 2.40. The number of amides is 15. The molecule has 0 bridgehead atoms. The van der Waals surface area contributed by atoms with Gasteiger partial charge in [-0.15, -0.1) is 0 Å². The molecule has 0 aliphatic heterocycles. The number of rotatable bonds is 58. The van der Waals surface area contributed by atoms with Crippen LogP contribution in [0, 0.1) is 0 Å². The number of carbonyl (C=O) groups is 17. The van der Waals surface area contributed by atoms with Crippen molar-refractivity contribution in [3.63, 3.8) is 0 Å². The van der Waals surface area contributed by atoms with Crippen LogP contribution in [0.2, 0.25) is 0 Å². The molecule has 28 N–H and O–H groups in total. The summed E-state index contributed by atoms with van der Waals surface area (Å²) in [4.78, 5) is 286. The van der Waals surface area contributed by atoms with E-state index in [0.29, 0.717) is 39.0 Å². The quantitative estimate of drug-likeness (QED) is 0.0172. The number of thioether (sulfide) groups is 2. The van der Waals surface area contributed by atoms with Gasteiger partial charge < -0.3 is 136 Å². The van der Waals surface area contributed by atoms with Crippen molar-refractivity contribution in [3.05, 3.63) is 211 Å². The van der Waals surface area contributed by atoms with Crippen molar-refractivity contribution in [3.8, 4) is 5.75 Å². The summed E-state index contributed by atoms with van der Waals surface area (Å²) in [6, 6.07) is -1.01. The van der Waals surface area contributed by atoms with Gasteiger partial charge in [0.15, 0.2) is 0 Å². The lowest BCUT2D eigenvalue weighted by Crippen LogP contribution is -2.61. The molecule has 0 radical (unpaired) electrons. The summed E-state index contributed by atoms with van der Waals surface area (Å²) in [5, 5.41) is 66.7. The number of carboxylic acids is 2. The third-order valence-electron chi connectivity index (χ3n) is 22.0. The molecule has 15 amide bonds. The van der Waals surface area contributed by atoms with Crippen LogP contribution < -0.4 is 85.9 Å². The van der Waals surface area contributed by atoms with Gasteiger partial charge in [-0.1, -0.05) is 60.7 Å². The molecule has 0 fully saturated rings. The van der Waals surface area contributed by atoms with E-state index in [1.165, 1.54) is 130 Å². The maximum atomic E-state index is 15.2. The molecular formula is C89H111N29O20S2. The topological polar surface area (TPSA) is 759 Å². The van der Waals surface area contributed by atoms with E-state index < -0.39 is 224 Å². The van der Waals surface area contributed by atoms with E-state index in [1.54, 1.807) is 67.0 Å². The third-order valence-corrected chi connectivity index (χ3v) is 23.3. The minimum Gasteiger partial charge on any atom is -0.508 e. The van der Waals surface area contributed by atoms with Gasteiger partial charge in [0.25, 0.3) is 0 Å². The van der Waals surface area contributed by atoms with Crippen LogP contribution in [0.3, 0.4) is 0 Å². The fraction of sp³-hybridized carbons (Fsp3) is 0.382. The van der Waals surface area contributed by atoms with Gasteiger partial charge in [-0.2, -0.15) is 23.5 Å². The molecule has 744 valence electrons. The second-order valence-corrected chi connectivity index (χ2v) is 34.5. The van der Waals surface area contributed by atoms with E-state index >= 15 is 14.4 Å². The van der Waals surface area contributed by atoms with E-state index in [-0.39, 0.29) is 97.8 Å². The van der Waals surface area contributed by atoms with E-state index in [9.17, 15) is 82.4 Å². The molecule has 3 aromatic carbocycles. The Hall–Kier alpha value is -16.1.